The van der Waals surface area contributed by atoms with Crippen LogP contribution in [0.3, 0.4) is 0 Å². The zero-order valence-corrected chi connectivity index (χ0v) is 53.8. The number of H-pyrrole nitrogens is 2. The Morgan fingerprint density at radius 1 is 0.474 bits per heavy atom. The third-order valence-corrected chi connectivity index (χ3v) is 14.4. The summed E-state index contributed by atoms with van der Waals surface area (Å²) in [6, 6.07) is 10.3. The molecule has 5 aromatic carbocycles. The van der Waals surface area contributed by atoms with Gasteiger partial charge in [-0.15, -0.1) is 0 Å². The molecule has 4 heterocycles. The van der Waals surface area contributed by atoms with Gasteiger partial charge in [0.25, 0.3) is 0 Å². The minimum Gasteiger partial charge on any atom is -0.744 e. The molecule has 9 rings (SSSR count). The summed E-state index contributed by atoms with van der Waals surface area (Å²) in [6.45, 7) is 0. The fourth-order valence-electron chi connectivity index (χ4n) is 6.72. The minimum absolute atomic E-state index is 0. The first-order valence-electron chi connectivity index (χ1n) is 18.6. The molecule has 372 valence electrons. The van der Waals surface area contributed by atoms with Crippen LogP contribution in [-0.2, 0) is 40.5 Å². The van der Waals surface area contributed by atoms with Crippen molar-refractivity contribution in [2.24, 2.45) is 20.0 Å². The molecule has 0 fully saturated rings. The Morgan fingerprint density at radius 2 is 0.829 bits per heavy atom. The summed E-state index contributed by atoms with van der Waals surface area (Å²) in [7, 11) is -21.8. The third-order valence-electron chi connectivity index (χ3n) is 9.48. The van der Waals surface area contributed by atoms with Gasteiger partial charge in [0.2, 0.25) is 32.4 Å². The Hall–Kier alpha value is -2.10. The van der Waals surface area contributed by atoms with E-state index < -0.39 is 116 Å². The molecule has 76 heavy (non-hydrogen) atoms. The summed E-state index contributed by atoms with van der Waals surface area (Å²) in [5.41, 5.74) is -3.90. The first kappa shape index (κ1) is 64.7. The molecule has 40 heteroatoms. The average Bonchev–Trinajstić information content (AvgIpc) is 3.26. The summed E-state index contributed by atoms with van der Waals surface area (Å²) in [5.74, 6) is -2.45. The number of nitrogens with zero attached hydrogens (tertiary/aromatic N) is 8. The number of hydrogen-bond donors (Lipinski definition) is 4. The van der Waals surface area contributed by atoms with Gasteiger partial charge in [-0.3, -0.25) is 9.97 Å². The van der Waals surface area contributed by atoms with Crippen molar-refractivity contribution < 1.29 is 180 Å². The van der Waals surface area contributed by atoms with Crippen LogP contribution < -0.4 is 160 Å². The van der Waals surface area contributed by atoms with Crippen molar-refractivity contribution in [3.8, 4) is 23.0 Å². The van der Waals surface area contributed by atoms with Crippen molar-refractivity contribution >= 4 is 156 Å². The third kappa shape index (κ3) is 13.8. The van der Waals surface area contributed by atoms with E-state index >= 15 is 0 Å². The molecule has 0 saturated heterocycles. The van der Waals surface area contributed by atoms with Gasteiger partial charge in [0.15, 0.2) is 23.0 Å². The van der Waals surface area contributed by atoms with E-state index in [1.54, 1.807) is 0 Å². The molecule has 7 aromatic rings. The predicted molar refractivity (Wildman–Crippen MR) is 246 cm³/mol. The van der Waals surface area contributed by atoms with Crippen molar-refractivity contribution in [2.45, 2.75) is 19.6 Å². The Bertz CT molecular complexity index is 4040. The number of halogens is 6. The van der Waals surface area contributed by atoms with Crippen LogP contribution in [0.4, 0.5) is 45.5 Å². The van der Waals surface area contributed by atoms with Gasteiger partial charge in [0, 0.05) is 11.4 Å². The van der Waals surface area contributed by atoms with Crippen LogP contribution in [-0.4, -0.2) is 81.8 Å². The second-order valence-corrected chi connectivity index (χ2v) is 21.6. The summed E-state index contributed by atoms with van der Waals surface area (Å²) in [4.78, 5) is 32.0. The number of rotatable bonds is 10. The van der Waals surface area contributed by atoms with E-state index in [1.807, 2.05) is 0 Å². The van der Waals surface area contributed by atoms with Crippen LogP contribution in [0.15, 0.2) is 100 Å². The van der Waals surface area contributed by atoms with E-state index in [0.717, 1.165) is 60.7 Å². The van der Waals surface area contributed by atoms with E-state index in [0.29, 0.717) is 0 Å². The first-order valence-corrected chi connectivity index (χ1v) is 26.5. The van der Waals surface area contributed by atoms with E-state index in [2.05, 4.69) is 60.5 Å². The maximum Gasteiger partial charge on any atom is 1.00 e. The summed E-state index contributed by atoms with van der Waals surface area (Å²) in [5, 5.41) is 2.06. The molecule has 2 aliphatic heterocycles. The fraction of sp³-hybridized carbons (Fsp3) is 0. The summed E-state index contributed by atoms with van der Waals surface area (Å²) >= 11 is 36.7. The van der Waals surface area contributed by atoms with Gasteiger partial charge in [-0.05, 0) is 107 Å². The van der Waals surface area contributed by atoms with Gasteiger partial charge >= 0.3 is 118 Å². The van der Waals surface area contributed by atoms with Crippen LogP contribution in [0, 0.1) is 0 Å². The van der Waals surface area contributed by atoms with Gasteiger partial charge in [0.05, 0.1) is 32.5 Å². The maximum absolute atomic E-state index is 13.0. The Labute approximate surface area is 544 Å². The smallest absolute Gasteiger partial charge is 0.744 e. The Morgan fingerprint density at radius 3 is 1.14 bits per heavy atom. The number of benzene rings is 5. The van der Waals surface area contributed by atoms with Crippen molar-refractivity contribution in [3.63, 3.8) is 0 Å². The topological polar surface area (TPSA) is 404 Å². The molecular weight excluding hydrogens is 1260 g/mol. The normalized spacial score (nSPS) is 12.9. The molecule has 0 unspecified atom stereocenters. The van der Waals surface area contributed by atoms with Crippen molar-refractivity contribution in [3.05, 3.63) is 114 Å². The number of fused-ring (bicyclic) bond motifs is 4. The molecule has 4 N–H and O–H groups in total. The number of ether oxygens (including phenoxy) is 2. The standard InChI is InChI=1S/C36H18Cl6N12O14S4.4Na/c37-21-24-28(68-26-16(46-24)6-8-18(30(26)72(64,65)66)44-12-2-4-14(20(10-12)70(58,59)60)48-36-53-33(41)50-34(42)54-36)22(38)23-27(21)67-25-15(45-23)5-7-17(29(25)71(61,62)63)43-11-1-3-13(19(9-11)69(55,56)57)47-35-51-31(39)49-32(40)52-35;;;;/h1-10,43-44H,(H,55,56,57)(H,58,59,60)(H,61,62,63)(H,64,65,66)(H,47,49,51,52)(H,48,50,53,54);;;;/q;4*+1/p-4. The molecule has 2 aromatic heterocycles. The van der Waals surface area contributed by atoms with Crippen molar-refractivity contribution in [1.29, 1.82) is 0 Å². The van der Waals surface area contributed by atoms with Gasteiger partial charge in [0.1, 0.15) is 82.4 Å². The van der Waals surface area contributed by atoms with Crippen LogP contribution in [0.1, 0.15) is 0 Å². The van der Waals surface area contributed by atoms with Crippen LogP contribution in [0.25, 0.3) is 0 Å². The van der Waals surface area contributed by atoms with E-state index in [9.17, 15) is 51.9 Å². The van der Waals surface area contributed by atoms with Crippen LogP contribution in [0.5, 0.6) is 23.0 Å². The second-order valence-electron chi connectivity index (χ2n) is 14.1. The zero-order chi connectivity index (χ0) is 52.0. The number of hydrogen-bond acceptors (Lipinski definition) is 24. The molecule has 0 amide bonds. The molecule has 0 radical (unpaired) electrons. The molecule has 0 bridgehead atoms. The van der Waals surface area contributed by atoms with E-state index in [-0.39, 0.29) is 184 Å². The molecule has 0 spiro atoms. The summed E-state index contributed by atoms with van der Waals surface area (Å²) in [6.07, 6.45) is 0. The first-order chi connectivity index (χ1) is 33.6. The van der Waals surface area contributed by atoms with Gasteiger partial charge < -0.3 is 38.3 Å². The van der Waals surface area contributed by atoms with Crippen LogP contribution >= 0.6 is 69.6 Å². The Kier molecular flexibility index (Phi) is 20.9. The molecule has 0 saturated carbocycles. The zero-order valence-electron chi connectivity index (χ0n) is 38.0. The second kappa shape index (κ2) is 24.5. The quantitative estimate of drug-likeness (QED) is 0.0731. The van der Waals surface area contributed by atoms with Crippen molar-refractivity contribution in [2.75, 3.05) is 10.6 Å². The van der Waals surface area contributed by atoms with Gasteiger partial charge in [-0.25, -0.2) is 53.6 Å². The molecule has 26 nitrogen and oxygen atoms in total. The molecular formula is C36H14Cl6N12Na4O14S4. The molecule has 0 aliphatic carbocycles. The number of nitrogens with one attached hydrogen (secondary N) is 4. The molecule has 0 atom stereocenters. The fourth-order valence-corrected chi connectivity index (χ4v) is 10.8. The monoisotopic (exact) mass is 1270 g/mol. The minimum atomic E-state index is -5.57. The number of aromatic amines is 2. The van der Waals surface area contributed by atoms with Gasteiger partial charge in [-0.1, -0.05) is 23.2 Å². The number of aromatic nitrogens is 6. The summed E-state index contributed by atoms with van der Waals surface area (Å²) < 4.78 is 164. The maximum atomic E-state index is 13.0. The van der Waals surface area contributed by atoms with E-state index in [4.69, 9.17) is 79.1 Å². The van der Waals surface area contributed by atoms with Gasteiger partial charge in [-0.2, -0.15) is 19.9 Å². The van der Waals surface area contributed by atoms with Crippen molar-refractivity contribution in [1.82, 2.24) is 29.9 Å². The average molecular weight is 1270 g/mol. The van der Waals surface area contributed by atoms with E-state index in [1.165, 1.54) is 0 Å². The number of anilines is 4. The molecule has 2 aliphatic rings. The van der Waals surface area contributed by atoms with Crippen LogP contribution in [0.2, 0.25) is 31.2 Å². The SMILES string of the molecule is O=S(=O)([O-])c1cc(Nc2ccc3c(c2S(=O)(=O)[O-])Oc2c(Cl)c4c(c(Cl)c2=N3)Oc2c(ccc(Nc3ccc(N=c5nc(Cl)nc(Cl)[nH]5)c(S(=O)(=O)[O-])c3)c2S(=O)(=O)[O-])N=4)ccc1N=c1nc(Cl)nc(Cl)[nH]1.[Na+].[Na+].[Na+].[Na+]. The largest absolute Gasteiger partial charge is 1.00 e. The Balaban J connectivity index is 0.00000267. The predicted octanol–water partition coefficient (Wildman–Crippen LogP) is -6.46.